The summed E-state index contributed by atoms with van der Waals surface area (Å²) >= 11 is 0. The van der Waals surface area contributed by atoms with Gasteiger partial charge in [0.25, 0.3) is 5.91 Å². The lowest BCUT2D eigenvalue weighted by Gasteiger charge is -2.50. The largest absolute Gasteiger partial charge is 0.508 e. The predicted molar refractivity (Wildman–Crippen MR) is 154 cm³/mol. The van der Waals surface area contributed by atoms with Crippen molar-refractivity contribution in [1.29, 1.82) is 0 Å². The number of aryl methyl sites for hydroxylation is 1. The number of aliphatic hydroxyl groups is 3. The molecule has 1 saturated carbocycles. The maximum atomic E-state index is 13.9. The van der Waals surface area contributed by atoms with E-state index >= 15 is 0 Å². The molecule has 10 nitrogen and oxygen atoms in total. The second-order valence-corrected chi connectivity index (χ2v) is 11.4. The summed E-state index contributed by atoms with van der Waals surface area (Å²) in [5.74, 6) is -6.60. The zero-order chi connectivity index (χ0) is 30.7. The van der Waals surface area contributed by atoms with Gasteiger partial charge in [-0.3, -0.25) is 19.3 Å². The van der Waals surface area contributed by atoms with Gasteiger partial charge in [0.05, 0.1) is 11.6 Å². The minimum Gasteiger partial charge on any atom is -0.508 e. The highest BCUT2D eigenvalue weighted by atomic mass is 16.3. The molecule has 4 atom stereocenters. The van der Waals surface area contributed by atoms with Crippen LogP contribution in [0.25, 0.3) is 11.8 Å². The molecule has 0 radical (unpaired) electrons. The number of hydrogen-bond donors (Lipinski definition) is 6. The van der Waals surface area contributed by atoms with E-state index in [1.165, 1.54) is 11.0 Å². The van der Waals surface area contributed by atoms with Crippen molar-refractivity contribution in [3.05, 3.63) is 81.1 Å². The van der Waals surface area contributed by atoms with Crippen LogP contribution < -0.4 is 5.73 Å². The molecule has 1 fully saturated rings. The van der Waals surface area contributed by atoms with Crippen molar-refractivity contribution in [3.63, 3.8) is 0 Å². The number of amides is 1. The third kappa shape index (κ3) is 4.21. The first-order valence-corrected chi connectivity index (χ1v) is 13.8. The van der Waals surface area contributed by atoms with Gasteiger partial charge >= 0.3 is 0 Å². The van der Waals surface area contributed by atoms with Crippen molar-refractivity contribution in [3.8, 4) is 11.5 Å². The normalized spacial score (nSPS) is 25.6. The Morgan fingerprint density at radius 2 is 1.79 bits per heavy atom. The van der Waals surface area contributed by atoms with Crippen LogP contribution in [-0.2, 0) is 33.6 Å². The Morgan fingerprint density at radius 3 is 2.43 bits per heavy atom. The van der Waals surface area contributed by atoms with E-state index < -0.39 is 58.0 Å². The highest BCUT2D eigenvalue weighted by Gasteiger charge is 2.64. The van der Waals surface area contributed by atoms with Crippen LogP contribution in [0.15, 0.2) is 53.3 Å². The number of allylic oxidation sites excluding steroid dienone is 1. The number of fused-ring (bicyclic) bond motifs is 3. The van der Waals surface area contributed by atoms with E-state index in [1.54, 1.807) is 20.2 Å². The number of aromatic hydroxyl groups is 2. The second kappa shape index (κ2) is 10.5. The van der Waals surface area contributed by atoms with Crippen molar-refractivity contribution in [2.75, 3.05) is 14.1 Å². The molecule has 0 heterocycles. The molecule has 1 amide bonds. The number of likely N-dealkylation sites (N-methyl/N-ethyl adjacent to an activating group) is 1. The summed E-state index contributed by atoms with van der Waals surface area (Å²) < 4.78 is 0. The van der Waals surface area contributed by atoms with Gasteiger partial charge in [0.2, 0.25) is 5.78 Å². The summed E-state index contributed by atoms with van der Waals surface area (Å²) in [6, 6.07) is 7.51. The Labute approximate surface area is 242 Å². The molecule has 0 saturated heterocycles. The zero-order valence-electron chi connectivity index (χ0n) is 23.6. The van der Waals surface area contributed by atoms with Crippen LogP contribution in [0.3, 0.4) is 0 Å². The fourth-order valence-corrected chi connectivity index (χ4v) is 6.83. The lowest BCUT2D eigenvalue weighted by molar-refractivity contribution is -0.153. The van der Waals surface area contributed by atoms with Crippen molar-refractivity contribution in [2.45, 2.75) is 44.2 Å². The molecule has 0 aliphatic heterocycles. The summed E-state index contributed by atoms with van der Waals surface area (Å²) in [4.78, 5) is 40.8. The van der Waals surface area contributed by atoms with E-state index in [4.69, 9.17) is 5.73 Å². The number of nitrogens with zero attached hydrogens (tertiary/aromatic N) is 1. The number of phenolic OH excluding ortho intramolecular Hbond substituents is 2. The molecule has 7 N–H and O–H groups in total. The number of nitrogens with two attached hydrogens (primary N) is 1. The molecule has 10 heteroatoms. The van der Waals surface area contributed by atoms with Gasteiger partial charge in [-0.25, -0.2) is 0 Å². The molecule has 0 spiro atoms. The number of rotatable bonds is 6. The number of hydrogen-bond acceptors (Lipinski definition) is 9. The summed E-state index contributed by atoms with van der Waals surface area (Å²) in [7, 11) is 3.12. The van der Waals surface area contributed by atoms with Crippen molar-refractivity contribution >= 4 is 29.3 Å². The summed E-state index contributed by atoms with van der Waals surface area (Å²) in [5.41, 5.74) is 4.52. The highest BCUT2D eigenvalue weighted by Crippen LogP contribution is 2.53. The summed E-state index contributed by atoms with van der Waals surface area (Å²) in [6.45, 7) is 1.96. The number of Topliss-reactive ketones (excluding diaryl/α,β-unsaturated/α-hetero) is 2. The van der Waals surface area contributed by atoms with Gasteiger partial charge in [-0.05, 0) is 74.0 Å². The molecule has 3 aliphatic carbocycles. The lowest BCUT2D eigenvalue weighted by Crippen LogP contribution is -2.65. The molecule has 0 aromatic heterocycles. The van der Waals surface area contributed by atoms with E-state index in [2.05, 4.69) is 0 Å². The Morgan fingerprint density at radius 1 is 1.10 bits per heavy atom. The molecular formula is C32H34N2O8. The molecule has 2 aromatic carbocycles. The second-order valence-electron chi connectivity index (χ2n) is 11.4. The smallest absolute Gasteiger partial charge is 0.255 e. The first-order valence-electron chi connectivity index (χ1n) is 13.8. The number of phenols is 2. The van der Waals surface area contributed by atoms with Gasteiger partial charge in [-0.15, -0.1) is 0 Å². The van der Waals surface area contributed by atoms with Gasteiger partial charge in [0.15, 0.2) is 11.4 Å². The SMILES string of the molecule is CCc1cccc(C/C=C\c2ccc(O)c3c2C[C@@H]2C[C@@H]4[C@@H](N(C)C)C(=O)C(C(N)=O)=C(O)[C@]4(O)C(=O)C2=C3O)c1O. The molecule has 0 bridgehead atoms. The van der Waals surface area contributed by atoms with Crippen LogP contribution >= 0.6 is 0 Å². The van der Waals surface area contributed by atoms with Crippen LogP contribution in [0.1, 0.15) is 41.2 Å². The van der Waals surface area contributed by atoms with Crippen molar-refractivity contribution in [1.82, 2.24) is 4.90 Å². The minimum absolute atomic E-state index is 0.0161. The minimum atomic E-state index is -2.67. The lowest BCUT2D eigenvalue weighted by atomic mass is 9.57. The van der Waals surface area contributed by atoms with Crippen molar-refractivity contribution in [2.24, 2.45) is 17.6 Å². The van der Waals surface area contributed by atoms with Gasteiger partial charge in [0.1, 0.15) is 28.6 Å². The Hall–Kier alpha value is -4.41. The summed E-state index contributed by atoms with van der Waals surface area (Å²) in [6.07, 6.45) is 5.01. The monoisotopic (exact) mass is 574 g/mol. The van der Waals surface area contributed by atoms with Gasteiger partial charge < -0.3 is 31.3 Å². The highest BCUT2D eigenvalue weighted by molar-refractivity contribution is 6.24. The average molecular weight is 575 g/mol. The molecular weight excluding hydrogens is 540 g/mol. The van der Waals surface area contributed by atoms with Crippen molar-refractivity contribution < 1.29 is 39.9 Å². The first-order chi connectivity index (χ1) is 19.8. The number of primary amides is 1. The number of ketones is 2. The third-order valence-electron chi connectivity index (χ3n) is 8.86. The van der Waals surface area contributed by atoms with E-state index in [-0.39, 0.29) is 35.5 Å². The quantitative estimate of drug-likeness (QED) is 0.282. The maximum Gasteiger partial charge on any atom is 0.255 e. The molecule has 220 valence electrons. The number of para-hydroxylation sites is 1. The standard InChI is InChI=1S/C32H34N2O8/c1-4-15-7-5-9-17(26(15)36)10-6-8-16-11-12-21(35)23-19(16)13-18-14-20-25(34(2)3)28(38)24(31(33)41)30(40)32(20,42)29(39)22(18)27(23)37/h5-9,11-12,18,20,25,35-37,40,42H,4,10,13-14H2,1-3H3,(H2,33,41)/b8-6-/t18-,20-,25-,32-/m1/s1. The third-order valence-corrected chi connectivity index (χ3v) is 8.86. The molecule has 3 aliphatic rings. The Bertz CT molecular complexity index is 1620. The molecule has 2 aromatic rings. The fourth-order valence-electron chi connectivity index (χ4n) is 6.83. The maximum absolute atomic E-state index is 13.9. The Kier molecular flexibility index (Phi) is 7.24. The van der Waals surface area contributed by atoms with E-state index in [0.717, 1.165) is 11.1 Å². The molecule has 42 heavy (non-hydrogen) atoms. The van der Waals surface area contributed by atoms with Crippen LogP contribution in [0.5, 0.6) is 11.5 Å². The van der Waals surface area contributed by atoms with Crippen LogP contribution in [0, 0.1) is 11.8 Å². The molecule has 5 rings (SSSR count). The topological polar surface area (TPSA) is 182 Å². The number of carbonyl (C=O) groups is 3. The van der Waals surface area contributed by atoms with Crippen LogP contribution in [0.4, 0.5) is 0 Å². The van der Waals surface area contributed by atoms with Gasteiger partial charge in [0, 0.05) is 11.5 Å². The van der Waals surface area contributed by atoms with Crippen LogP contribution in [-0.4, -0.2) is 73.6 Å². The average Bonchev–Trinajstić information content (AvgIpc) is 2.92. The molecule has 0 unspecified atom stereocenters. The first kappa shape index (κ1) is 29.1. The zero-order valence-corrected chi connectivity index (χ0v) is 23.6. The summed E-state index contributed by atoms with van der Waals surface area (Å²) in [5, 5.41) is 55.3. The number of carbonyl (C=O) groups excluding carboxylic acids is 3. The van der Waals surface area contributed by atoms with E-state index in [0.29, 0.717) is 24.0 Å². The number of aliphatic hydroxyl groups excluding tert-OH is 2. The van der Waals surface area contributed by atoms with Crippen LogP contribution in [0.2, 0.25) is 0 Å². The van der Waals surface area contributed by atoms with E-state index in [1.807, 2.05) is 37.3 Å². The predicted octanol–water partition coefficient (Wildman–Crippen LogP) is 2.49. The fraction of sp³-hybridized carbons (Fsp3) is 0.344. The number of benzene rings is 2. The van der Waals surface area contributed by atoms with Gasteiger partial charge in [-0.2, -0.15) is 0 Å². The van der Waals surface area contributed by atoms with Gasteiger partial charge in [-0.1, -0.05) is 43.3 Å². The van der Waals surface area contributed by atoms with E-state index in [9.17, 15) is 39.9 Å². The Balaban J connectivity index is 1.59.